The van der Waals surface area contributed by atoms with E-state index in [0.29, 0.717) is 12.3 Å². The maximum Gasteiger partial charge on any atom is 0.230 e. The van der Waals surface area contributed by atoms with Crippen LogP contribution in [0.5, 0.6) is 0 Å². The standard InChI is InChI=1S/C17H23N3O2S2/c1-12-13(2)20(10-14-5-3-7-22-14)17(19-12)24-11-16(21)18-9-15-6-4-8-23-15/h4,6,8,14H,3,5,7,9-11H2,1-2H3,(H,18,21)/t14-/m1/s1. The number of ether oxygens (including phenoxy) is 1. The molecule has 2 aromatic rings. The van der Waals surface area contributed by atoms with Crippen LogP contribution in [0.4, 0.5) is 0 Å². The van der Waals surface area contributed by atoms with E-state index in [9.17, 15) is 4.79 Å². The molecule has 1 fully saturated rings. The summed E-state index contributed by atoms with van der Waals surface area (Å²) in [7, 11) is 0. The van der Waals surface area contributed by atoms with Crippen LogP contribution in [0.15, 0.2) is 22.7 Å². The summed E-state index contributed by atoms with van der Waals surface area (Å²) in [5, 5.41) is 5.88. The van der Waals surface area contributed by atoms with Crippen molar-refractivity contribution in [3.8, 4) is 0 Å². The van der Waals surface area contributed by atoms with E-state index in [-0.39, 0.29) is 12.0 Å². The van der Waals surface area contributed by atoms with E-state index in [1.165, 1.54) is 16.6 Å². The highest BCUT2D eigenvalue weighted by atomic mass is 32.2. The fourth-order valence-corrected chi connectivity index (χ4v) is 4.30. The lowest BCUT2D eigenvalue weighted by atomic mass is 10.2. The predicted octanol–water partition coefficient (Wildman–Crippen LogP) is 3.15. The molecule has 7 heteroatoms. The zero-order valence-electron chi connectivity index (χ0n) is 14.1. The van der Waals surface area contributed by atoms with E-state index >= 15 is 0 Å². The number of imidazole rings is 1. The molecule has 0 unspecified atom stereocenters. The summed E-state index contributed by atoms with van der Waals surface area (Å²) in [6.45, 7) is 6.37. The van der Waals surface area contributed by atoms with E-state index in [2.05, 4.69) is 21.8 Å². The summed E-state index contributed by atoms with van der Waals surface area (Å²) in [5.74, 6) is 0.419. The first-order chi connectivity index (χ1) is 11.6. The van der Waals surface area contributed by atoms with Crippen molar-refractivity contribution < 1.29 is 9.53 Å². The summed E-state index contributed by atoms with van der Waals surface area (Å²) in [6.07, 6.45) is 2.50. The van der Waals surface area contributed by atoms with Crippen molar-refractivity contribution in [1.29, 1.82) is 0 Å². The van der Waals surface area contributed by atoms with Crippen molar-refractivity contribution in [3.63, 3.8) is 0 Å². The minimum absolute atomic E-state index is 0.0374. The van der Waals surface area contributed by atoms with Crippen molar-refractivity contribution >= 4 is 29.0 Å². The van der Waals surface area contributed by atoms with Crippen molar-refractivity contribution in [2.24, 2.45) is 0 Å². The normalized spacial score (nSPS) is 17.3. The Kier molecular flexibility index (Phi) is 5.97. The Hall–Kier alpha value is -1.31. The van der Waals surface area contributed by atoms with Gasteiger partial charge in [-0.3, -0.25) is 4.79 Å². The molecule has 130 valence electrons. The molecular formula is C17H23N3O2S2. The monoisotopic (exact) mass is 365 g/mol. The average Bonchev–Trinajstić information content (AvgIpc) is 3.30. The first kappa shape index (κ1) is 17.5. The van der Waals surface area contributed by atoms with Crippen LogP contribution < -0.4 is 5.32 Å². The maximum absolute atomic E-state index is 12.1. The minimum Gasteiger partial charge on any atom is -0.376 e. The molecule has 0 aliphatic carbocycles. The van der Waals surface area contributed by atoms with Gasteiger partial charge >= 0.3 is 0 Å². The van der Waals surface area contributed by atoms with Gasteiger partial charge in [0.2, 0.25) is 5.91 Å². The smallest absolute Gasteiger partial charge is 0.230 e. The molecule has 3 heterocycles. The molecule has 0 saturated carbocycles. The van der Waals surface area contributed by atoms with Crippen LogP contribution in [0, 0.1) is 13.8 Å². The SMILES string of the molecule is Cc1nc(SCC(=O)NCc2cccs2)n(C[C@H]2CCCO2)c1C. The molecule has 1 amide bonds. The zero-order valence-corrected chi connectivity index (χ0v) is 15.7. The molecule has 3 rings (SSSR count). The number of aromatic nitrogens is 2. The molecule has 0 spiro atoms. The van der Waals surface area contributed by atoms with Crippen LogP contribution in [0.25, 0.3) is 0 Å². The third-order valence-electron chi connectivity index (χ3n) is 4.21. The van der Waals surface area contributed by atoms with Gasteiger partial charge < -0.3 is 14.6 Å². The number of thiophene rings is 1. The first-order valence-electron chi connectivity index (χ1n) is 8.20. The number of thioether (sulfide) groups is 1. The molecule has 1 atom stereocenters. The lowest BCUT2D eigenvalue weighted by Crippen LogP contribution is -2.24. The van der Waals surface area contributed by atoms with Gasteiger partial charge in [0.05, 0.1) is 30.6 Å². The van der Waals surface area contributed by atoms with Crippen molar-refractivity contribution in [3.05, 3.63) is 33.8 Å². The number of aryl methyl sites for hydroxylation is 1. The molecule has 2 aromatic heterocycles. The topological polar surface area (TPSA) is 56.2 Å². The van der Waals surface area contributed by atoms with Gasteiger partial charge in [0.1, 0.15) is 0 Å². The number of amides is 1. The molecule has 1 aliphatic heterocycles. The number of hydrogen-bond donors (Lipinski definition) is 1. The highest BCUT2D eigenvalue weighted by molar-refractivity contribution is 7.99. The Morgan fingerprint density at radius 3 is 3.12 bits per heavy atom. The van der Waals surface area contributed by atoms with Crippen LogP contribution in [0.1, 0.15) is 29.1 Å². The second-order valence-corrected chi connectivity index (χ2v) is 7.93. The second kappa shape index (κ2) is 8.18. The summed E-state index contributed by atoms with van der Waals surface area (Å²) < 4.78 is 7.94. The summed E-state index contributed by atoms with van der Waals surface area (Å²) in [6, 6.07) is 4.02. The Morgan fingerprint density at radius 2 is 2.42 bits per heavy atom. The number of nitrogens with zero attached hydrogens (tertiary/aromatic N) is 2. The summed E-state index contributed by atoms with van der Waals surface area (Å²) >= 11 is 3.15. The molecular weight excluding hydrogens is 342 g/mol. The van der Waals surface area contributed by atoms with E-state index in [4.69, 9.17) is 4.74 Å². The van der Waals surface area contributed by atoms with Crippen molar-refractivity contribution in [2.45, 2.75) is 51.0 Å². The van der Waals surface area contributed by atoms with Gasteiger partial charge in [-0.2, -0.15) is 0 Å². The molecule has 1 saturated heterocycles. The van der Waals surface area contributed by atoms with E-state index < -0.39 is 0 Å². The van der Waals surface area contributed by atoms with E-state index in [1.807, 2.05) is 24.4 Å². The first-order valence-corrected chi connectivity index (χ1v) is 10.1. The second-order valence-electron chi connectivity index (χ2n) is 5.96. The Labute approximate surface area is 150 Å². The lowest BCUT2D eigenvalue weighted by molar-refractivity contribution is -0.118. The fraction of sp³-hybridized carbons (Fsp3) is 0.529. The Morgan fingerprint density at radius 1 is 1.54 bits per heavy atom. The maximum atomic E-state index is 12.1. The molecule has 1 aliphatic rings. The largest absolute Gasteiger partial charge is 0.376 e. The van der Waals surface area contributed by atoms with Crippen molar-refractivity contribution in [2.75, 3.05) is 12.4 Å². The van der Waals surface area contributed by atoms with Crippen LogP contribution in [-0.4, -0.2) is 33.9 Å². The molecule has 24 heavy (non-hydrogen) atoms. The third-order valence-corrected chi connectivity index (χ3v) is 6.06. The van der Waals surface area contributed by atoms with E-state index in [1.54, 1.807) is 11.3 Å². The van der Waals surface area contributed by atoms with Gasteiger partial charge in [-0.15, -0.1) is 11.3 Å². The van der Waals surface area contributed by atoms with E-state index in [0.717, 1.165) is 42.5 Å². The predicted molar refractivity (Wildman–Crippen MR) is 97.6 cm³/mol. The highest BCUT2D eigenvalue weighted by Gasteiger charge is 2.20. The minimum atomic E-state index is 0.0374. The van der Waals surface area contributed by atoms with Gasteiger partial charge in [0.15, 0.2) is 5.16 Å². The van der Waals surface area contributed by atoms with Gasteiger partial charge in [-0.1, -0.05) is 17.8 Å². The number of rotatable bonds is 7. The molecule has 0 bridgehead atoms. The van der Waals surface area contributed by atoms with Gasteiger partial charge in [-0.05, 0) is 38.1 Å². The summed E-state index contributed by atoms with van der Waals surface area (Å²) in [5.41, 5.74) is 2.18. The number of carbonyl (C=O) groups excluding carboxylic acids is 1. The molecule has 0 aromatic carbocycles. The van der Waals surface area contributed by atoms with Crippen LogP contribution in [-0.2, 0) is 22.6 Å². The quantitative estimate of drug-likeness (QED) is 0.766. The molecule has 5 nitrogen and oxygen atoms in total. The van der Waals surface area contributed by atoms with Gasteiger partial charge in [0.25, 0.3) is 0 Å². The van der Waals surface area contributed by atoms with Crippen molar-refractivity contribution in [1.82, 2.24) is 14.9 Å². The fourth-order valence-electron chi connectivity index (χ4n) is 2.72. The van der Waals surface area contributed by atoms with Crippen LogP contribution in [0.2, 0.25) is 0 Å². The van der Waals surface area contributed by atoms with Crippen LogP contribution in [0.3, 0.4) is 0 Å². The number of nitrogens with one attached hydrogen (secondary N) is 1. The van der Waals surface area contributed by atoms with Gasteiger partial charge in [0, 0.05) is 17.2 Å². The Balaban J connectivity index is 1.55. The molecule has 1 N–H and O–H groups in total. The highest BCUT2D eigenvalue weighted by Crippen LogP contribution is 2.24. The zero-order chi connectivity index (χ0) is 16.9. The number of carbonyl (C=O) groups is 1. The van der Waals surface area contributed by atoms with Crippen LogP contribution >= 0.6 is 23.1 Å². The average molecular weight is 366 g/mol. The van der Waals surface area contributed by atoms with Gasteiger partial charge in [-0.25, -0.2) is 4.98 Å². The summed E-state index contributed by atoms with van der Waals surface area (Å²) in [4.78, 5) is 17.9. The lowest BCUT2D eigenvalue weighted by Gasteiger charge is -2.14. The number of hydrogen-bond acceptors (Lipinski definition) is 5. The molecule has 0 radical (unpaired) electrons. The Bertz CT molecular complexity index is 676. The third kappa shape index (κ3) is 4.40.